The molecule has 0 atom stereocenters. The number of hydrogen-bond donors (Lipinski definition) is 0. The first-order valence-electron chi connectivity index (χ1n) is 13.2. The van der Waals surface area contributed by atoms with E-state index in [4.69, 9.17) is 4.74 Å². The molecule has 2 aliphatic heterocycles. The summed E-state index contributed by atoms with van der Waals surface area (Å²) in [5, 5.41) is 0. The number of hydrogen-bond acceptors (Lipinski definition) is 5. The van der Waals surface area contributed by atoms with Crippen LogP contribution < -0.4 is 4.74 Å². The molecule has 186 valence electrons. The molecule has 0 N–H and O–H groups in total. The number of nitrogens with zero attached hydrogens (tertiary/aromatic N) is 4. The zero-order chi connectivity index (χ0) is 24.1. The minimum absolute atomic E-state index is 0.00692. The highest BCUT2D eigenvalue weighted by Crippen LogP contribution is 2.40. The number of rotatable bonds is 2. The Hall–Kier alpha value is -2.96. The third-order valence-electron chi connectivity index (χ3n) is 8.18. The maximum Gasteiger partial charge on any atom is 0.274 e. The van der Waals surface area contributed by atoms with Crippen molar-refractivity contribution in [1.29, 1.82) is 0 Å². The fourth-order valence-electron chi connectivity index (χ4n) is 5.76. The van der Waals surface area contributed by atoms with Gasteiger partial charge in [0.1, 0.15) is 18.1 Å². The zero-order valence-corrected chi connectivity index (χ0v) is 20.5. The second-order valence-electron chi connectivity index (χ2n) is 10.4. The van der Waals surface area contributed by atoms with Gasteiger partial charge in [-0.05, 0) is 62.0 Å². The van der Waals surface area contributed by atoms with Gasteiger partial charge in [-0.1, -0.05) is 31.0 Å². The van der Waals surface area contributed by atoms with Gasteiger partial charge >= 0.3 is 0 Å². The highest BCUT2D eigenvalue weighted by Gasteiger charge is 2.40. The van der Waals surface area contributed by atoms with Crippen LogP contribution in [0, 0.1) is 11.3 Å². The quantitative estimate of drug-likeness (QED) is 0.651. The van der Waals surface area contributed by atoms with Crippen LogP contribution in [-0.4, -0.2) is 64.4 Å². The van der Waals surface area contributed by atoms with Crippen molar-refractivity contribution < 1.29 is 14.3 Å². The van der Waals surface area contributed by atoms with Crippen LogP contribution in [0.4, 0.5) is 0 Å². The number of ether oxygens (including phenoxy) is 1. The maximum absolute atomic E-state index is 13.5. The molecule has 1 saturated heterocycles. The SMILES string of the molecule is O=C(c1cnccn1)N1CCOc2ccccc2CCCCC2(CCN(C(=O)C3CCC3)CC2)C1. The Kier molecular flexibility index (Phi) is 7.30. The molecule has 1 aromatic heterocycles. The van der Waals surface area contributed by atoms with Crippen molar-refractivity contribution in [2.75, 3.05) is 32.8 Å². The van der Waals surface area contributed by atoms with Crippen LogP contribution in [0.1, 0.15) is 67.4 Å². The van der Waals surface area contributed by atoms with Crippen molar-refractivity contribution in [2.45, 2.75) is 57.8 Å². The third-order valence-corrected chi connectivity index (χ3v) is 8.18. The molecule has 1 saturated carbocycles. The number of likely N-dealkylation sites (tertiary alicyclic amines) is 1. The molecule has 0 bridgehead atoms. The summed E-state index contributed by atoms with van der Waals surface area (Å²) in [4.78, 5) is 38.7. The van der Waals surface area contributed by atoms with E-state index in [1.54, 1.807) is 18.6 Å². The van der Waals surface area contributed by atoms with E-state index in [1.165, 1.54) is 12.0 Å². The van der Waals surface area contributed by atoms with Crippen LogP contribution in [0.15, 0.2) is 42.9 Å². The number of benzene rings is 1. The summed E-state index contributed by atoms with van der Waals surface area (Å²) in [6, 6.07) is 8.23. The molecule has 2 fully saturated rings. The zero-order valence-electron chi connectivity index (χ0n) is 20.5. The molecule has 5 rings (SSSR count). The largest absolute Gasteiger partial charge is 0.491 e. The number of carbonyl (C=O) groups is 2. The van der Waals surface area contributed by atoms with E-state index in [9.17, 15) is 9.59 Å². The van der Waals surface area contributed by atoms with E-state index in [0.717, 1.165) is 70.2 Å². The lowest BCUT2D eigenvalue weighted by Gasteiger charge is -2.46. The summed E-state index contributed by atoms with van der Waals surface area (Å²) in [5.74, 6) is 1.40. The number of fused-ring (bicyclic) bond motifs is 1. The minimum Gasteiger partial charge on any atom is -0.491 e. The van der Waals surface area contributed by atoms with E-state index in [2.05, 4.69) is 27.0 Å². The Balaban J connectivity index is 1.35. The molecule has 0 radical (unpaired) electrons. The van der Waals surface area contributed by atoms with Crippen molar-refractivity contribution >= 4 is 11.8 Å². The number of piperidine rings is 1. The fraction of sp³-hybridized carbons (Fsp3) is 0.571. The molecule has 7 nitrogen and oxygen atoms in total. The van der Waals surface area contributed by atoms with Gasteiger partial charge in [0.05, 0.1) is 12.7 Å². The van der Waals surface area contributed by atoms with Crippen LogP contribution in [0.3, 0.4) is 0 Å². The minimum atomic E-state index is -0.0978. The Morgan fingerprint density at radius 2 is 1.77 bits per heavy atom. The summed E-state index contributed by atoms with van der Waals surface area (Å²) >= 11 is 0. The van der Waals surface area contributed by atoms with Crippen LogP contribution in [0.5, 0.6) is 5.75 Å². The number of amides is 2. The normalized spacial score (nSPS) is 21.1. The predicted molar refractivity (Wildman–Crippen MR) is 133 cm³/mol. The Bertz CT molecular complexity index is 1020. The van der Waals surface area contributed by atoms with Gasteiger partial charge in [-0.2, -0.15) is 0 Å². The van der Waals surface area contributed by atoms with Crippen molar-refractivity contribution in [3.8, 4) is 5.75 Å². The molecule has 2 amide bonds. The van der Waals surface area contributed by atoms with Crippen LogP contribution >= 0.6 is 0 Å². The van der Waals surface area contributed by atoms with Crippen LogP contribution in [0.25, 0.3) is 0 Å². The number of aryl methyl sites for hydroxylation is 1. The molecular weight excluding hydrogens is 440 g/mol. The summed E-state index contributed by atoms with van der Waals surface area (Å²) in [5.41, 5.74) is 1.61. The molecule has 1 aliphatic carbocycles. The van der Waals surface area contributed by atoms with Crippen LogP contribution in [-0.2, 0) is 11.2 Å². The monoisotopic (exact) mass is 476 g/mol. The second-order valence-corrected chi connectivity index (χ2v) is 10.4. The van der Waals surface area contributed by atoms with Gasteiger partial charge in [-0.15, -0.1) is 0 Å². The lowest BCUT2D eigenvalue weighted by Crippen LogP contribution is -2.51. The van der Waals surface area contributed by atoms with Crippen molar-refractivity contribution in [1.82, 2.24) is 19.8 Å². The Labute approximate surface area is 207 Å². The summed E-state index contributed by atoms with van der Waals surface area (Å²) in [6.45, 7) is 3.18. The van der Waals surface area contributed by atoms with E-state index in [-0.39, 0.29) is 17.2 Å². The van der Waals surface area contributed by atoms with Gasteiger partial charge in [0.2, 0.25) is 5.91 Å². The van der Waals surface area contributed by atoms with Crippen molar-refractivity contribution in [3.63, 3.8) is 0 Å². The Morgan fingerprint density at radius 1 is 0.943 bits per heavy atom. The number of para-hydroxylation sites is 1. The van der Waals surface area contributed by atoms with Gasteiger partial charge in [0, 0.05) is 37.9 Å². The molecule has 0 unspecified atom stereocenters. The topological polar surface area (TPSA) is 75.6 Å². The summed E-state index contributed by atoms with van der Waals surface area (Å²) in [6.07, 6.45) is 14.1. The van der Waals surface area contributed by atoms with Crippen molar-refractivity contribution in [3.05, 3.63) is 54.1 Å². The Morgan fingerprint density at radius 3 is 2.51 bits per heavy atom. The summed E-state index contributed by atoms with van der Waals surface area (Å²) < 4.78 is 6.16. The maximum atomic E-state index is 13.5. The summed E-state index contributed by atoms with van der Waals surface area (Å²) in [7, 11) is 0. The van der Waals surface area contributed by atoms with Gasteiger partial charge in [0.25, 0.3) is 5.91 Å². The molecule has 3 aliphatic rings. The molecular formula is C28H36N4O3. The molecule has 35 heavy (non-hydrogen) atoms. The first-order chi connectivity index (χ1) is 17.1. The predicted octanol–water partition coefficient (Wildman–Crippen LogP) is 4.13. The number of aromatic nitrogens is 2. The molecule has 3 heterocycles. The van der Waals surface area contributed by atoms with Gasteiger partial charge in [0.15, 0.2) is 0 Å². The average Bonchev–Trinajstić information content (AvgIpc) is 2.85. The molecule has 1 spiro atoms. The van der Waals surface area contributed by atoms with Crippen molar-refractivity contribution in [2.24, 2.45) is 11.3 Å². The van der Waals surface area contributed by atoms with Crippen LogP contribution in [0.2, 0.25) is 0 Å². The van der Waals surface area contributed by atoms with Gasteiger partial charge in [-0.25, -0.2) is 4.98 Å². The third kappa shape index (κ3) is 5.49. The molecule has 1 aromatic carbocycles. The first kappa shape index (κ1) is 23.8. The highest BCUT2D eigenvalue weighted by molar-refractivity contribution is 5.92. The van der Waals surface area contributed by atoms with Gasteiger partial charge < -0.3 is 14.5 Å². The van der Waals surface area contributed by atoms with E-state index >= 15 is 0 Å². The second kappa shape index (κ2) is 10.8. The molecule has 7 heteroatoms. The molecule has 2 aromatic rings. The van der Waals surface area contributed by atoms with E-state index in [0.29, 0.717) is 31.3 Å². The van der Waals surface area contributed by atoms with E-state index < -0.39 is 0 Å². The smallest absolute Gasteiger partial charge is 0.274 e. The first-order valence-corrected chi connectivity index (χ1v) is 13.2. The lowest BCUT2D eigenvalue weighted by molar-refractivity contribution is -0.140. The lowest BCUT2D eigenvalue weighted by atomic mass is 9.73. The fourth-order valence-corrected chi connectivity index (χ4v) is 5.76. The standard InChI is InChI=1S/C28H36N4O3/c33-26(23-8-5-9-23)31-16-12-28(13-17-31)11-4-3-7-22-6-1-2-10-25(22)35-19-18-32(21-28)27(34)24-20-29-14-15-30-24/h1-2,6,10,14-15,20,23H,3-5,7-9,11-13,16-19,21H2. The number of carbonyl (C=O) groups excluding carboxylic acids is 2. The van der Waals surface area contributed by atoms with E-state index in [1.807, 2.05) is 17.0 Å². The highest BCUT2D eigenvalue weighted by atomic mass is 16.5. The van der Waals surface area contributed by atoms with Gasteiger partial charge in [-0.3, -0.25) is 14.6 Å². The average molecular weight is 477 g/mol.